The summed E-state index contributed by atoms with van der Waals surface area (Å²) in [5.41, 5.74) is 0. The van der Waals surface area contributed by atoms with E-state index < -0.39 is 8.80 Å². The molecule has 5 heteroatoms. The number of hydrogen-bond acceptors (Lipinski definition) is 4. The van der Waals surface area contributed by atoms with Crippen molar-refractivity contribution >= 4 is 8.80 Å². The summed E-state index contributed by atoms with van der Waals surface area (Å²) >= 11 is 0. The average Bonchev–Trinajstić information content (AvgIpc) is 2.67. The molecule has 1 saturated heterocycles. The van der Waals surface area contributed by atoms with Gasteiger partial charge in [-0.3, -0.25) is 0 Å². The summed E-state index contributed by atoms with van der Waals surface area (Å²) < 4.78 is 16.2. The maximum Gasteiger partial charge on any atom is 0.500 e. The molecule has 15 heavy (non-hydrogen) atoms. The molecule has 1 aliphatic rings. The minimum Gasteiger partial charge on any atom is -0.377 e. The minimum atomic E-state index is -2.33. The fourth-order valence-corrected chi connectivity index (χ4v) is 4.07. The monoisotopic (exact) mass is 233 g/mol. The molecule has 0 amide bonds. The second kappa shape index (κ2) is 5.96. The van der Waals surface area contributed by atoms with Gasteiger partial charge in [0.1, 0.15) is 0 Å². The molecule has 1 atom stereocenters. The van der Waals surface area contributed by atoms with Gasteiger partial charge in [0, 0.05) is 33.9 Å². The van der Waals surface area contributed by atoms with Crippen LogP contribution in [0, 0.1) is 5.92 Å². The van der Waals surface area contributed by atoms with Crippen molar-refractivity contribution in [3.05, 3.63) is 0 Å². The number of nitrogens with zero attached hydrogens (tertiary/aromatic N) is 1. The highest BCUT2D eigenvalue weighted by atomic mass is 28.4. The molecule has 1 aliphatic heterocycles. The zero-order valence-electron chi connectivity index (χ0n) is 10.3. The van der Waals surface area contributed by atoms with E-state index in [1.165, 1.54) is 19.5 Å². The van der Waals surface area contributed by atoms with E-state index >= 15 is 0 Å². The van der Waals surface area contributed by atoms with Crippen molar-refractivity contribution in [1.29, 1.82) is 0 Å². The summed E-state index contributed by atoms with van der Waals surface area (Å²) in [4.78, 5) is 2.38. The molecular formula is C10H23NO3Si. The van der Waals surface area contributed by atoms with Gasteiger partial charge in [-0.1, -0.05) is 0 Å². The van der Waals surface area contributed by atoms with Crippen LogP contribution in [0.2, 0.25) is 6.04 Å². The lowest BCUT2D eigenvalue weighted by Gasteiger charge is -2.25. The summed E-state index contributed by atoms with van der Waals surface area (Å²) in [5, 5.41) is 0. The van der Waals surface area contributed by atoms with Crippen LogP contribution in [0.15, 0.2) is 0 Å². The van der Waals surface area contributed by atoms with Gasteiger partial charge in [-0.25, -0.2) is 0 Å². The standard InChI is InChI=1S/C10H23NO3Si/c1-11-7-5-10(9-11)6-8-15(12-2,13-3)14-4/h10H,5-9H2,1-4H3. The third-order valence-electron chi connectivity index (χ3n) is 3.28. The topological polar surface area (TPSA) is 30.9 Å². The molecule has 1 rings (SSSR count). The van der Waals surface area contributed by atoms with Crippen LogP contribution < -0.4 is 0 Å². The Kier molecular flexibility index (Phi) is 5.21. The highest BCUT2D eigenvalue weighted by molar-refractivity contribution is 6.60. The largest absolute Gasteiger partial charge is 0.500 e. The molecule has 1 fully saturated rings. The van der Waals surface area contributed by atoms with E-state index in [0.717, 1.165) is 18.4 Å². The highest BCUT2D eigenvalue weighted by Gasteiger charge is 2.38. The van der Waals surface area contributed by atoms with E-state index in [2.05, 4.69) is 11.9 Å². The molecular weight excluding hydrogens is 210 g/mol. The lowest BCUT2D eigenvalue weighted by molar-refractivity contribution is 0.121. The van der Waals surface area contributed by atoms with E-state index in [-0.39, 0.29) is 0 Å². The van der Waals surface area contributed by atoms with Crippen molar-refractivity contribution in [3.8, 4) is 0 Å². The van der Waals surface area contributed by atoms with Gasteiger partial charge in [0.05, 0.1) is 0 Å². The third-order valence-corrected chi connectivity index (χ3v) is 6.05. The smallest absolute Gasteiger partial charge is 0.377 e. The van der Waals surface area contributed by atoms with E-state index in [4.69, 9.17) is 13.3 Å². The Morgan fingerprint density at radius 3 is 2.20 bits per heavy atom. The van der Waals surface area contributed by atoms with Gasteiger partial charge in [-0.05, 0) is 32.4 Å². The van der Waals surface area contributed by atoms with Gasteiger partial charge in [0.15, 0.2) is 0 Å². The summed E-state index contributed by atoms with van der Waals surface area (Å²) in [7, 11) is 4.89. The normalized spacial score (nSPS) is 23.6. The minimum absolute atomic E-state index is 0.780. The molecule has 0 N–H and O–H groups in total. The Morgan fingerprint density at radius 2 is 1.80 bits per heavy atom. The molecule has 0 saturated carbocycles. The molecule has 0 spiro atoms. The quantitative estimate of drug-likeness (QED) is 0.645. The SMILES string of the molecule is CO[Si](CCC1CCN(C)C1)(OC)OC. The summed E-state index contributed by atoms with van der Waals surface area (Å²) in [6.07, 6.45) is 2.43. The molecule has 1 heterocycles. The maximum atomic E-state index is 5.40. The predicted octanol–water partition coefficient (Wildman–Crippen LogP) is 1.21. The molecule has 0 bridgehead atoms. The number of likely N-dealkylation sites (tertiary alicyclic amines) is 1. The van der Waals surface area contributed by atoms with Crippen molar-refractivity contribution in [3.63, 3.8) is 0 Å². The fourth-order valence-electron chi connectivity index (χ4n) is 2.20. The highest BCUT2D eigenvalue weighted by Crippen LogP contribution is 2.24. The molecule has 0 aromatic heterocycles. The van der Waals surface area contributed by atoms with Crippen LogP contribution in [-0.2, 0) is 13.3 Å². The van der Waals surface area contributed by atoms with Crippen LogP contribution in [0.3, 0.4) is 0 Å². The first kappa shape index (κ1) is 13.1. The lowest BCUT2D eigenvalue weighted by atomic mass is 10.1. The molecule has 0 aromatic carbocycles. The van der Waals surface area contributed by atoms with E-state index in [1.54, 1.807) is 21.3 Å². The molecule has 90 valence electrons. The summed E-state index contributed by atoms with van der Waals surface area (Å²) in [5.74, 6) is 0.780. The van der Waals surface area contributed by atoms with Crippen molar-refractivity contribution < 1.29 is 13.3 Å². The summed E-state index contributed by atoms with van der Waals surface area (Å²) in [6.45, 7) is 2.41. The van der Waals surface area contributed by atoms with Gasteiger partial charge in [-0.2, -0.15) is 0 Å². The second-order valence-electron chi connectivity index (χ2n) is 4.25. The van der Waals surface area contributed by atoms with Crippen molar-refractivity contribution in [1.82, 2.24) is 4.90 Å². The average molecular weight is 233 g/mol. The third kappa shape index (κ3) is 3.53. The second-order valence-corrected chi connectivity index (χ2v) is 7.34. The van der Waals surface area contributed by atoms with Crippen LogP contribution >= 0.6 is 0 Å². The van der Waals surface area contributed by atoms with Crippen LogP contribution in [0.1, 0.15) is 12.8 Å². The number of hydrogen-bond donors (Lipinski definition) is 0. The predicted molar refractivity (Wildman–Crippen MR) is 61.8 cm³/mol. The molecule has 1 unspecified atom stereocenters. The maximum absolute atomic E-state index is 5.40. The van der Waals surface area contributed by atoms with Crippen molar-refractivity contribution in [2.24, 2.45) is 5.92 Å². The first-order chi connectivity index (χ1) is 7.15. The zero-order chi connectivity index (χ0) is 11.3. The van der Waals surface area contributed by atoms with Gasteiger partial charge in [0.2, 0.25) is 0 Å². The van der Waals surface area contributed by atoms with E-state index in [0.29, 0.717) is 0 Å². The van der Waals surface area contributed by atoms with Gasteiger partial charge < -0.3 is 18.2 Å². The van der Waals surface area contributed by atoms with Crippen molar-refractivity contribution in [2.45, 2.75) is 18.9 Å². The molecule has 0 aromatic rings. The Hall–Kier alpha value is 0.0569. The fraction of sp³-hybridized carbons (Fsp3) is 1.00. The van der Waals surface area contributed by atoms with Gasteiger partial charge >= 0.3 is 8.80 Å². The Labute approximate surface area is 93.9 Å². The van der Waals surface area contributed by atoms with Crippen LogP contribution in [0.5, 0.6) is 0 Å². The molecule has 0 aliphatic carbocycles. The molecule has 4 nitrogen and oxygen atoms in total. The Bertz CT molecular complexity index is 179. The van der Waals surface area contributed by atoms with Crippen LogP contribution in [0.25, 0.3) is 0 Å². The first-order valence-corrected chi connectivity index (χ1v) is 7.43. The van der Waals surface area contributed by atoms with Crippen LogP contribution in [-0.4, -0.2) is 55.2 Å². The van der Waals surface area contributed by atoms with E-state index in [9.17, 15) is 0 Å². The zero-order valence-corrected chi connectivity index (χ0v) is 11.3. The molecule has 0 radical (unpaired) electrons. The first-order valence-electron chi connectivity index (χ1n) is 5.50. The Morgan fingerprint density at radius 1 is 1.20 bits per heavy atom. The lowest BCUT2D eigenvalue weighted by Crippen LogP contribution is -2.43. The van der Waals surface area contributed by atoms with Gasteiger partial charge in [-0.15, -0.1) is 0 Å². The van der Waals surface area contributed by atoms with Crippen LogP contribution in [0.4, 0.5) is 0 Å². The van der Waals surface area contributed by atoms with Crippen molar-refractivity contribution in [2.75, 3.05) is 41.5 Å². The Balaban J connectivity index is 2.33. The van der Waals surface area contributed by atoms with E-state index in [1.807, 2.05) is 0 Å². The number of rotatable bonds is 6. The van der Waals surface area contributed by atoms with Gasteiger partial charge in [0.25, 0.3) is 0 Å². The summed E-state index contributed by atoms with van der Waals surface area (Å²) in [6, 6.07) is 0.926.